The Hall–Kier alpha value is -1.99. The molecular weight excluding hydrogens is 361 g/mol. The van der Waals surface area contributed by atoms with E-state index in [4.69, 9.17) is 4.74 Å². The van der Waals surface area contributed by atoms with Crippen LogP contribution in [-0.4, -0.2) is 55.1 Å². The Bertz CT molecular complexity index is 742. The van der Waals surface area contributed by atoms with Gasteiger partial charge >= 0.3 is 0 Å². The number of rotatable bonds is 4. The molecule has 2 heterocycles. The van der Waals surface area contributed by atoms with Gasteiger partial charge in [-0.3, -0.25) is 14.5 Å². The Kier molecular flexibility index (Phi) is 5.64. The summed E-state index contributed by atoms with van der Waals surface area (Å²) in [5.74, 6) is -1.40. The quantitative estimate of drug-likeness (QED) is 0.830. The van der Waals surface area contributed by atoms with Crippen LogP contribution in [0, 0.1) is 5.82 Å². The van der Waals surface area contributed by atoms with Crippen LogP contribution in [0.25, 0.3) is 0 Å². The molecular formula is C21H28FN3O3. The van der Waals surface area contributed by atoms with Gasteiger partial charge in [0, 0.05) is 37.3 Å². The molecule has 1 aromatic carbocycles. The number of halogens is 1. The smallest absolute Gasteiger partial charge is 0.228 e. The average Bonchev–Trinajstić information content (AvgIpc) is 2.72. The number of amides is 2. The number of benzene rings is 1. The summed E-state index contributed by atoms with van der Waals surface area (Å²) in [6, 6.07) is 4.22. The maximum absolute atomic E-state index is 13.5. The molecule has 2 fully saturated rings. The van der Waals surface area contributed by atoms with Gasteiger partial charge in [0.15, 0.2) is 0 Å². The first-order chi connectivity index (χ1) is 13.6. The minimum atomic E-state index is -0.574. The molecule has 0 aromatic heterocycles. The van der Waals surface area contributed by atoms with Crippen molar-refractivity contribution in [3.05, 3.63) is 29.6 Å². The fraction of sp³-hybridized carbons (Fsp3) is 0.619. The standard InChI is InChI=1S/C21H28FN3O3/c22-15-4-5-16-17(13-19(26)24-18(16)12-15)20(27)23-14-21(6-2-1-3-7-21)25-8-10-28-11-9-25/h4-5,12,17H,1-3,6-11,13-14H2,(H,23,27)(H,24,26). The number of hydrogen-bond acceptors (Lipinski definition) is 4. The second kappa shape index (κ2) is 8.17. The zero-order chi connectivity index (χ0) is 19.6. The molecule has 0 radical (unpaired) electrons. The van der Waals surface area contributed by atoms with Crippen molar-refractivity contribution in [1.82, 2.24) is 10.2 Å². The summed E-state index contributed by atoms with van der Waals surface area (Å²) in [6.45, 7) is 3.84. The molecule has 1 saturated carbocycles. The van der Waals surface area contributed by atoms with Crippen LogP contribution in [0.4, 0.5) is 10.1 Å². The van der Waals surface area contributed by atoms with Crippen molar-refractivity contribution in [2.75, 3.05) is 38.2 Å². The molecule has 6 nitrogen and oxygen atoms in total. The van der Waals surface area contributed by atoms with Crippen LogP contribution in [0.15, 0.2) is 18.2 Å². The molecule has 1 atom stereocenters. The predicted molar refractivity (Wildman–Crippen MR) is 104 cm³/mol. The maximum Gasteiger partial charge on any atom is 0.228 e. The molecule has 28 heavy (non-hydrogen) atoms. The van der Waals surface area contributed by atoms with Gasteiger partial charge in [0.05, 0.1) is 19.1 Å². The number of morpholine rings is 1. The number of carbonyl (C=O) groups excluding carboxylic acids is 2. The summed E-state index contributed by atoms with van der Waals surface area (Å²) in [6.07, 6.45) is 5.81. The van der Waals surface area contributed by atoms with Crippen LogP contribution in [0.2, 0.25) is 0 Å². The summed E-state index contributed by atoms with van der Waals surface area (Å²) in [4.78, 5) is 27.5. The number of fused-ring (bicyclic) bond motifs is 1. The third-order valence-electron chi connectivity index (χ3n) is 6.43. The lowest BCUT2D eigenvalue weighted by molar-refractivity contribution is -0.127. The summed E-state index contributed by atoms with van der Waals surface area (Å²) in [5, 5.41) is 5.81. The molecule has 1 aliphatic carbocycles. The highest BCUT2D eigenvalue weighted by Gasteiger charge is 2.40. The van der Waals surface area contributed by atoms with E-state index in [1.54, 1.807) is 6.07 Å². The van der Waals surface area contributed by atoms with E-state index in [1.165, 1.54) is 31.4 Å². The molecule has 1 saturated heterocycles. The highest BCUT2D eigenvalue weighted by Crippen LogP contribution is 2.35. The molecule has 0 spiro atoms. The number of anilines is 1. The van der Waals surface area contributed by atoms with Gasteiger partial charge in [0.2, 0.25) is 11.8 Å². The zero-order valence-corrected chi connectivity index (χ0v) is 16.1. The third kappa shape index (κ3) is 3.91. The topological polar surface area (TPSA) is 70.7 Å². The first-order valence-corrected chi connectivity index (χ1v) is 10.3. The van der Waals surface area contributed by atoms with Gasteiger partial charge < -0.3 is 15.4 Å². The Morgan fingerprint density at radius 2 is 2.00 bits per heavy atom. The van der Waals surface area contributed by atoms with Gasteiger partial charge in [-0.25, -0.2) is 4.39 Å². The molecule has 3 aliphatic rings. The Labute approximate surface area is 164 Å². The summed E-state index contributed by atoms with van der Waals surface area (Å²) in [5.41, 5.74) is 1.06. The van der Waals surface area contributed by atoms with Crippen LogP contribution in [0.1, 0.15) is 50.0 Å². The molecule has 7 heteroatoms. The molecule has 0 bridgehead atoms. The predicted octanol–water partition coefficient (Wildman–Crippen LogP) is 2.40. The van der Waals surface area contributed by atoms with E-state index in [-0.39, 0.29) is 23.8 Å². The highest BCUT2D eigenvalue weighted by molar-refractivity contribution is 6.01. The number of hydrogen-bond donors (Lipinski definition) is 2. The lowest BCUT2D eigenvalue weighted by Gasteiger charge is -2.48. The summed E-state index contributed by atoms with van der Waals surface area (Å²) < 4.78 is 19.0. The summed E-state index contributed by atoms with van der Waals surface area (Å²) >= 11 is 0. The van der Waals surface area contributed by atoms with Gasteiger partial charge in [0.1, 0.15) is 5.82 Å². The minimum absolute atomic E-state index is 0.0275. The molecule has 1 unspecified atom stereocenters. The van der Waals surface area contributed by atoms with Crippen molar-refractivity contribution < 1.29 is 18.7 Å². The molecule has 1 aromatic rings. The SMILES string of the molecule is O=C1CC(C(=O)NCC2(N3CCOCC3)CCCCC2)c2ccc(F)cc2N1. The van der Waals surface area contributed by atoms with Gasteiger partial charge in [0.25, 0.3) is 0 Å². The van der Waals surface area contributed by atoms with E-state index >= 15 is 0 Å². The number of nitrogens with zero attached hydrogens (tertiary/aromatic N) is 1. The van der Waals surface area contributed by atoms with Gasteiger partial charge in [-0.1, -0.05) is 25.3 Å². The van der Waals surface area contributed by atoms with Crippen molar-refractivity contribution in [3.8, 4) is 0 Å². The van der Waals surface area contributed by atoms with Crippen LogP contribution >= 0.6 is 0 Å². The third-order valence-corrected chi connectivity index (χ3v) is 6.43. The van der Waals surface area contributed by atoms with Crippen molar-refractivity contribution in [2.45, 2.75) is 50.0 Å². The Morgan fingerprint density at radius 1 is 1.25 bits per heavy atom. The van der Waals surface area contributed by atoms with Crippen molar-refractivity contribution in [1.29, 1.82) is 0 Å². The number of nitrogens with one attached hydrogen (secondary N) is 2. The first kappa shape index (κ1) is 19.3. The van der Waals surface area contributed by atoms with Crippen molar-refractivity contribution in [3.63, 3.8) is 0 Å². The second-order valence-corrected chi connectivity index (χ2v) is 8.14. The van der Waals surface area contributed by atoms with Crippen LogP contribution in [-0.2, 0) is 14.3 Å². The van der Waals surface area contributed by atoms with Crippen molar-refractivity contribution in [2.24, 2.45) is 0 Å². The van der Waals surface area contributed by atoms with Crippen LogP contribution in [0.3, 0.4) is 0 Å². The highest BCUT2D eigenvalue weighted by atomic mass is 19.1. The van der Waals surface area contributed by atoms with E-state index in [0.717, 1.165) is 39.1 Å². The van der Waals surface area contributed by atoms with E-state index in [2.05, 4.69) is 15.5 Å². The second-order valence-electron chi connectivity index (χ2n) is 8.14. The molecule has 4 rings (SSSR count). The van der Waals surface area contributed by atoms with E-state index in [9.17, 15) is 14.0 Å². The van der Waals surface area contributed by atoms with Gasteiger partial charge in [-0.05, 0) is 30.5 Å². The summed E-state index contributed by atoms with van der Waals surface area (Å²) in [7, 11) is 0. The minimum Gasteiger partial charge on any atom is -0.379 e. The number of carbonyl (C=O) groups is 2. The van der Waals surface area contributed by atoms with Crippen molar-refractivity contribution >= 4 is 17.5 Å². The average molecular weight is 389 g/mol. The fourth-order valence-electron chi connectivity index (χ4n) is 4.90. The Balaban J connectivity index is 1.49. The molecule has 2 aliphatic heterocycles. The van der Waals surface area contributed by atoms with Gasteiger partial charge in [-0.15, -0.1) is 0 Å². The number of ether oxygens (including phenoxy) is 1. The van der Waals surface area contributed by atoms with Gasteiger partial charge in [-0.2, -0.15) is 0 Å². The normalized spacial score (nSPS) is 24.9. The monoisotopic (exact) mass is 389 g/mol. The lowest BCUT2D eigenvalue weighted by Crippen LogP contribution is -2.60. The fourth-order valence-corrected chi connectivity index (χ4v) is 4.90. The first-order valence-electron chi connectivity index (χ1n) is 10.3. The van der Waals surface area contributed by atoms with Crippen LogP contribution in [0.5, 0.6) is 0 Å². The van der Waals surface area contributed by atoms with Crippen LogP contribution < -0.4 is 10.6 Å². The molecule has 2 N–H and O–H groups in total. The zero-order valence-electron chi connectivity index (χ0n) is 16.1. The van der Waals surface area contributed by atoms with E-state index < -0.39 is 11.7 Å². The van der Waals surface area contributed by atoms with E-state index in [1.807, 2.05) is 0 Å². The molecule has 2 amide bonds. The Morgan fingerprint density at radius 3 is 2.75 bits per heavy atom. The van der Waals surface area contributed by atoms with E-state index in [0.29, 0.717) is 17.8 Å². The maximum atomic E-state index is 13.5. The largest absolute Gasteiger partial charge is 0.379 e. The molecule has 152 valence electrons. The lowest BCUT2D eigenvalue weighted by atomic mass is 9.79.